The van der Waals surface area contributed by atoms with E-state index in [2.05, 4.69) is 34.3 Å². The smallest absolute Gasteiger partial charge is 0.0797 e. The van der Waals surface area contributed by atoms with Gasteiger partial charge < -0.3 is 5.11 Å². The van der Waals surface area contributed by atoms with Crippen molar-refractivity contribution in [3.63, 3.8) is 0 Å². The molecule has 0 amide bonds. The molecule has 21 heavy (non-hydrogen) atoms. The first-order chi connectivity index (χ1) is 9.62. The van der Waals surface area contributed by atoms with Crippen LogP contribution in [0.5, 0.6) is 0 Å². The summed E-state index contributed by atoms with van der Waals surface area (Å²) in [6.45, 7) is 15.7. The van der Waals surface area contributed by atoms with E-state index in [1.165, 1.54) is 32.1 Å². The average molecular weight is 293 g/mol. The molecule has 2 rings (SSSR count). The molecule has 122 valence electrons. The molecule has 0 heterocycles. The van der Waals surface area contributed by atoms with Gasteiger partial charge in [0.05, 0.1) is 5.60 Å². The van der Waals surface area contributed by atoms with E-state index in [-0.39, 0.29) is 0 Å². The van der Waals surface area contributed by atoms with E-state index in [0.717, 1.165) is 30.6 Å². The van der Waals surface area contributed by atoms with Gasteiger partial charge >= 0.3 is 0 Å². The van der Waals surface area contributed by atoms with Gasteiger partial charge in [-0.1, -0.05) is 46.6 Å². The Morgan fingerprint density at radius 3 is 2.52 bits per heavy atom. The average Bonchev–Trinajstić information content (AvgIpc) is 2.36. The van der Waals surface area contributed by atoms with Gasteiger partial charge in [0.15, 0.2) is 0 Å². The van der Waals surface area contributed by atoms with Crippen molar-refractivity contribution >= 4 is 0 Å². The molecule has 0 radical (unpaired) electrons. The van der Waals surface area contributed by atoms with E-state index >= 15 is 0 Å². The topological polar surface area (TPSA) is 20.2 Å². The maximum Gasteiger partial charge on any atom is 0.0797 e. The van der Waals surface area contributed by atoms with Gasteiger partial charge in [0.2, 0.25) is 0 Å². The van der Waals surface area contributed by atoms with Crippen LogP contribution in [0.4, 0.5) is 0 Å². The van der Waals surface area contributed by atoms with E-state index in [0.29, 0.717) is 10.8 Å². The molecule has 1 heteroatoms. The summed E-state index contributed by atoms with van der Waals surface area (Å²) in [4.78, 5) is 0. The largest absolute Gasteiger partial charge is 0.386 e. The lowest BCUT2D eigenvalue weighted by atomic mass is 9.46. The van der Waals surface area contributed by atoms with Crippen LogP contribution < -0.4 is 0 Å². The molecule has 0 aromatic heterocycles. The monoisotopic (exact) mass is 292 g/mol. The summed E-state index contributed by atoms with van der Waals surface area (Å²) in [5.74, 6) is 2.40. The van der Waals surface area contributed by atoms with Crippen molar-refractivity contribution in [2.24, 2.45) is 28.6 Å². The summed E-state index contributed by atoms with van der Waals surface area (Å²) in [5, 5.41) is 10.3. The number of hydrogen-bond acceptors (Lipinski definition) is 1. The Balaban J connectivity index is 2.19. The van der Waals surface area contributed by atoms with E-state index in [9.17, 15) is 5.11 Å². The molecule has 0 bridgehead atoms. The summed E-state index contributed by atoms with van der Waals surface area (Å²) in [6, 6.07) is 0. The third-order valence-corrected chi connectivity index (χ3v) is 7.12. The van der Waals surface area contributed by atoms with E-state index < -0.39 is 5.60 Å². The molecule has 2 aliphatic rings. The Kier molecular flexibility index (Phi) is 4.65. The van der Waals surface area contributed by atoms with Gasteiger partial charge in [0, 0.05) is 0 Å². The van der Waals surface area contributed by atoms with Crippen LogP contribution in [0.2, 0.25) is 0 Å². The molecule has 0 aromatic rings. The highest BCUT2D eigenvalue weighted by Gasteiger charge is 2.53. The van der Waals surface area contributed by atoms with Crippen LogP contribution in [-0.4, -0.2) is 10.7 Å². The number of fused-ring (bicyclic) bond motifs is 1. The summed E-state index contributed by atoms with van der Waals surface area (Å²) < 4.78 is 0. The van der Waals surface area contributed by atoms with Crippen molar-refractivity contribution in [1.82, 2.24) is 0 Å². The van der Waals surface area contributed by atoms with Crippen LogP contribution in [0, 0.1) is 28.6 Å². The van der Waals surface area contributed by atoms with Gasteiger partial charge in [-0.15, -0.1) is 6.58 Å². The highest BCUT2D eigenvalue weighted by Crippen LogP contribution is 2.62. The number of rotatable bonds is 4. The third kappa shape index (κ3) is 3.23. The quantitative estimate of drug-likeness (QED) is 0.670. The van der Waals surface area contributed by atoms with Gasteiger partial charge in [-0.2, -0.15) is 0 Å². The molecule has 0 unspecified atom stereocenters. The normalized spacial score (nSPS) is 41.9. The fourth-order valence-electron chi connectivity index (χ4n) is 5.78. The Morgan fingerprint density at radius 1 is 1.24 bits per heavy atom. The second-order valence-electron chi connectivity index (χ2n) is 9.16. The summed E-state index contributed by atoms with van der Waals surface area (Å²) in [5.41, 5.74) is 0.260. The first-order valence-corrected chi connectivity index (χ1v) is 8.98. The Labute approximate surface area is 132 Å². The van der Waals surface area contributed by atoms with Gasteiger partial charge in [-0.05, 0) is 67.6 Å². The fraction of sp³-hybridized carbons (Fsp3) is 0.900. The molecule has 2 fully saturated rings. The highest BCUT2D eigenvalue weighted by atomic mass is 16.3. The lowest BCUT2D eigenvalue weighted by Crippen LogP contribution is -2.51. The van der Waals surface area contributed by atoms with Crippen LogP contribution >= 0.6 is 0 Å². The molecule has 1 nitrogen and oxygen atoms in total. The van der Waals surface area contributed by atoms with Gasteiger partial charge in [0.25, 0.3) is 0 Å². The SMILES string of the molecule is C=C[C@@](C)(O)CC[C@@H]1[C@@H](C)CC[C@@H]2C(C)(C)CCC[C@@]12C. The van der Waals surface area contributed by atoms with E-state index in [1.54, 1.807) is 6.08 Å². The van der Waals surface area contributed by atoms with Crippen molar-refractivity contribution in [3.05, 3.63) is 12.7 Å². The minimum absolute atomic E-state index is 0.469. The molecule has 2 aliphatic carbocycles. The van der Waals surface area contributed by atoms with Crippen molar-refractivity contribution in [2.75, 3.05) is 0 Å². The van der Waals surface area contributed by atoms with Crippen LogP contribution in [0.1, 0.15) is 79.6 Å². The predicted octanol–water partition coefficient (Wildman–Crippen LogP) is 5.58. The zero-order chi connectivity index (χ0) is 15.9. The standard InChI is InChI=1S/C20H36O/c1-7-19(5,21)14-11-16-15(2)9-10-17-18(3,4)12-8-13-20(16,17)6/h7,15-17,21H,1,8-14H2,2-6H3/t15-,16+,17+,19+,20-/m0/s1. The minimum atomic E-state index is -0.701. The second kappa shape index (κ2) is 5.72. The lowest BCUT2D eigenvalue weighted by molar-refractivity contribution is -0.0999. The minimum Gasteiger partial charge on any atom is -0.386 e. The zero-order valence-corrected chi connectivity index (χ0v) is 14.9. The van der Waals surface area contributed by atoms with Crippen molar-refractivity contribution < 1.29 is 5.11 Å². The lowest BCUT2D eigenvalue weighted by Gasteiger charge is -2.59. The summed E-state index contributed by atoms with van der Waals surface area (Å²) in [6.07, 6.45) is 10.6. The molecule has 0 spiro atoms. The van der Waals surface area contributed by atoms with Gasteiger partial charge in [-0.3, -0.25) is 0 Å². The maximum absolute atomic E-state index is 10.3. The van der Waals surface area contributed by atoms with Crippen LogP contribution in [-0.2, 0) is 0 Å². The van der Waals surface area contributed by atoms with Gasteiger partial charge in [-0.25, -0.2) is 0 Å². The fourth-order valence-corrected chi connectivity index (χ4v) is 5.78. The van der Waals surface area contributed by atoms with Crippen molar-refractivity contribution in [1.29, 1.82) is 0 Å². The molecule has 0 saturated heterocycles. The molecule has 0 aliphatic heterocycles. The third-order valence-electron chi connectivity index (χ3n) is 7.12. The summed E-state index contributed by atoms with van der Waals surface area (Å²) >= 11 is 0. The number of aliphatic hydroxyl groups is 1. The molecular weight excluding hydrogens is 256 g/mol. The van der Waals surface area contributed by atoms with E-state index in [4.69, 9.17) is 0 Å². The molecule has 5 atom stereocenters. The maximum atomic E-state index is 10.3. The molecule has 2 saturated carbocycles. The van der Waals surface area contributed by atoms with Gasteiger partial charge in [0.1, 0.15) is 0 Å². The van der Waals surface area contributed by atoms with E-state index in [1.807, 2.05) is 6.92 Å². The summed E-state index contributed by atoms with van der Waals surface area (Å²) in [7, 11) is 0. The number of hydrogen-bond donors (Lipinski definition) is 1. The highest BCUT2D eigenvalue weighted by molar-refractivity contribution is 5.03. The molecular formula is C20H36O. The Bertz CT molecular complexity index is 381. The van der Waals surface area contributed by atoms with Crippen LogP contribution in [0.25, 0.3) is 0 Å². The first kappa shape index (κ1) is 17.1. The van der Waals surface area contributed by atoms with Crippen LogP contribution in [0.3, 0.4) is 0 Å². The Morgan fingerprint density at radius 2 is 1.90 bits per heavy atom. The van der Waals surface area contributed by atoms with Crippen molar-refractivity contribution in [2.45, 2.75) is 85.2 Å². The molecule has 1 N–H and O–H groups in total. The second-order valence-corrected chi connectivity index (χ2v) is 9.16. The van der Waals surface area contributed by atoms with Crippen LogP contribution in [0.15, 0.2) is 12.7 Å². The Hall–Kier alpha value is -0.300. The first-order valence-electron chi connectivity index (χ1n) is 8.98. The van der Waals surface area contributed by atoms with Crippen molar-refractivity contribution in [3.8, 4) is 0 Å². The predicted molar refractivity (Wildman–Crippen MR) is 91.2 cm³/mol. The molecule has 0 aromatic carbocycles. The zero-order valence-electron chi connectivity index (χ0n) is 14.9.